The Labute approximate surface area is 174 Å². The average Bonchev–Trinajstić information content (AvgIpc) is 3.08. The van der Waals surface area contributed by atoms with Gasteiger partial charge in [-0.25, -0.2) is 9.50 Å². The zero-order valence-corrected chi connectivity index (χ0v) is 18.2. The highest BCUT2D eigenvalue weighted by molar-refractivity contribution is 9.10. The van der Waals surface area contributed by atoms with Crippen molar-refractivity contribution in [2.75, 3.05) is 10.6 Å². The standard InChI is InChI=1S/C21H27BrN6/c1-13(2)25-18-10-19(23-12-16(18)22)20-9-8-15-11-24-21(27-28(15)20)26-17-7-5-4-6-14(17)3/h8-14,17H,4-7H2,1-3H3,(H,23,25)(H,26,27)/t14-,17+/m0/s1. The zero-order valence-electron chi connectivity index (χ0n) is 16.6. The van der Waals surface area contributed by atoms with Crippen molar-refractivity contribution in [3.63, 3.8) is 0 Å². The SMILES string of the molecule is CC(C)Nc1cc(-c2ccc3cnc(N[C@@H]4CCCC[C@@H]4C)nn23)ncc1Br. The Bertz CT molecular complexity index is 967. The van der Waals surface area contributed by atoms with Crippen molar-refractivity contribution in [1.82, 2.24) is 19.6 Å². The normalized spacial score (nSPS) is 19.9. The van der Waals surface area contributed by atoms with Crippen molar-refractivity contribution < 1.29 is 0 Å². The molecule has 148 valence electrons. The van der Waals surface area contributed by atoms with Crippen LogP contribution < -0.4 is 10.6 Å². The van der Waals surface area contributed by atoms with E-state index >= 15 is 0 Å². The maximum absolute atomic E-state index is 4.78. The van der Waals surface area contributed by atoms with Gasteiger partial charge in [-0.15, -0.1) is 5.10 Å². The molecule has 1 saturated carbocycles. The Morgan fingerprint density at radius 3 is 2.75 bits per heavy atom. The molecule has 7 heteroatoms. The Balaban J connectivity index is 1.66. The van der Waals surface area contributed by atoms with Gasteiger partial charge in [-0.1, -0.05) is 19.8 Å². The molecule has 1 aliphatic rings. The minimum atomic E-state index is 0.339. The van der Waals surface area contributed by atoms with E-state index < -0.39 is 0 Å². The largest absolute Gasteiger partial charge is 0.382 e. The number of fused-ring (bicyclic) bond motifs is 1. The lowest BCUT2D eigenvalue weighted by atomic mass is 9.86. The molecule has 0 saturated heterocycles. The highest BCUT2D eigenvalue weighted by atomic mass is 79.9. The number of pyridine rings is 1. The number of hydrogen-bond donors (Lipinski definition) is 2. The van der Waals surface area contributed by atoms with Crippen LogP contribution in [0.1, 0.15) is 46.5 Å². The summed E-state index contributed by atoms with van der Waals surface area (Å²) in [6.45, 7) is 6.55. The fourth-order valence-corrected chi connectivity index (χ4v) is 4.19. The number of anilines is 2. The van der Waals surface area contributed by atoms with Gasteiger partial charge in [0.05, 0.1) is 33.3 Å². The predicted octanol–water partition coefficient (Wildman–Crippen LogP) is 5.36. The third kappa shape index (κ3) is 3.99. The molecule has 0 bridgehead atoms. The summed E-state index contributed by atoms with van der Waals surface area (Å²) in [5.74, 6) is 1.33. The zero-order chi connectivity index (χ0) is 19.7. The third-order valence-corrected chi connectivity index (χ3v) is 6.02. The molecule has 2 N–H and O–H groups in total. The molecule has 0 unspecified atom stereocenters. The molecule has 2 atom stereocenters. The first kappa shape index (κ1) is 19.2. The highest BCUT2D eigenvalue weighted by Crippen LogP contribution is 2.29. The lowest BCUT2D eigenvalue weighted by Gasteiger charge is -2.29. The lowest BCUT2D eigenvalue weighted by molar-refractivity contribution is 0.348. The van der Waals surface area contributed by atoms with Crippen molar-refractivity contribution in [3.05, 3.63) is 35.1 Å². The minimum absolute atomic E-state index is 0.339. The second kappa shape index (κ2) is 8.07. The van der Waals surface area contributed by atoms with Crippen molar-refractivity contribution in [3.8, 4) is 11.4 Å². The minimum Gasteiger partial charge on any atom is -0.382 e. The van der Waals surface area contributed by atoms with Gasteiger partial charge in [-0.3, -0.25) is 4.98 Å². The second-order valence-electron chi connectivity index (χ2n) is 8.00. The van der Waals surface area contributed by atoms with Gasteiger partial charge < -0.3 is 10.6 Å². The number of nitrogens with zero attached hydrogens (tertiary/aromatic N) is 4. The molecule has 0 spiro atoms. The van der Waals surface area contributed by atoms with Crippen LogP contribution in [0.4, 0.5) is 11.6 Å². The molecule has 0 amide bonds. The number of hydrogen-bond acceptors (Lipinski definition) is 5. The molecule has 1 fully saturated rings. The van der Waals surface area contributed by atoms with Crippen LogP contribution in [0.15, 0.2) is 35.1 Å². The molecule has 3 aromatic heterocycles. The van der Waals surface area contributed by atoms with E-state index in [1.54, 1.807) is 0 Å². The summed E-state index contributed by atoms with van der Waals surface area (Å²) in [4.78, 5) is 9.14. The van der Waals surface area contributed by atoms with Crippen LogP contribution in [0.2, 0.25) is 0 Å². The van der Waals surface area contributed by atoms with Crippen LogP contribution in [-0.2, 0) is 0 Å². The first-order chi connectivity index (χ1) is 13.5. The van der Waals surface area contributed by atoms with Crippen LogP contribution in [0.3, 0.4) is 0 Å². The van der Waals surface area contributed by atoms with Crippen molar-refractivity contribution in [2.45, 2.75) is 58.5 Å². The summed E-state index contributed by atoms with van der Waals surface area (Å²) in [5, 5.41) is 11.8. The first-order valence-corrected chi connectivity index (χ1v) is 10.8. The van der Waals surface area contributed by atoms with Gasteiger partial charge in [0.25, 0.3) is 0 Å². The molecule has 0 aromatic carbocycles. The number of halogens is 1. The first-order valence-electron chi connectivity index (χ1n) is 10.0. The average molecular weight is 443 g/mol. The molecule has 0 aliphatic heterocycles. The van der Waals surface area contributed by atoms with E-state index in [-0.39, 0.29) is 0 Å². The molecule has 6 nitrogen and oxygen atoms in total. The predicted molar refractivity (Wildman–Crippen MR) is 118 cm³/mol. The molecule has 3 aromatic rings. The Kier molecular flexibility index (Phi) is 5.53. The monoisotopic (exact) mass is 442 g/mol. The summed E-state index contributed by atoms with van der Waals surface area (Å²) in [6.07, 6.45) is 8.75. The van der Waals surface area contributed by atoms with Gasteiger partial charge in [-0.2, -0.15) is 0 Å². The van der Waals surface area contributed by atoms with Crippen LogP contribution in [0, 0.1) is 5.92 Å². The fourth-order valence-electron chi connectivity index (χ4n) is 3.86. The smallest absolute Gasteiger partial charge is 0.241 e. The van der Waals surface area contributed by atoms with Gasteiger partial charge in [-0.05, 0) is 66.7 Å². The van der Waals surface area contributed by atoms with Crippen molar-refractivity contribution >= 4 is 33.1 Å². The number of rotatable bonds is 5. The number of aromatic nitrogens is 4. The highest BCUT2D eigenvalue weighted by Gasteiger charge is 2.22. The third-order valence-electron chi connectivity index (χ3n) is 5.39. The van der Waals surface area contributed by atoms with E-state index in [1.165, 1.54) is 25.7 Å². The van der Waals surface area contributed by atoms with Crippen molar-refractivity contribution in [1.29, 1.82) is 0 Å². The Hall–Kier alpha value is -2.15. The molecule has 4 rings (SSSR count). The summed E-state index contributed by atoms with van der Waals surface area (Å²) in [7, 11) is 0. The van der Waals surface area contributed by atoms with E-state index in [9.17, 15) is 0 Å². The topological polar surface area (TPSA) is 67.1 Å². The van der Waals surface area contributed by atoms with Gasteiger partial charge in [0.2, 0.25) is 5.95 Å². The van der Waals surface area contributed by atoms with E-state index in [1.807, 2.05) is 29.0 Å². The summed E-state index contributed by atoms with van der Waals surface area (Å²) in [5.41, 5.74) is 3.82. The van der Waals surface area contributed by atoms with Gasteiger partial charge in [0.1, 0.15) is 0 Å². The fraction of sp³-hybridized carbons (Fsp3) is 0.476. The van der Waals surface area contributed by atoms with E-state index in [4.69, 9.17) is 5.10 Å². The quantitative estimate of drug-likeness (QED) is 0.556. The van der Waals surface area contributed by atoms with Crippen LogP contribution in [0.5, 0.6) is 0 Å². The molecular formula is C21H27BrN6. The molecule has 28 heavy (non-hydrogen) atoms. The summed E-state index contributed by atoms with van der Waals surface area (Å²) in [6, 6.07) is 6.92. The van der Waals surface area contributed by atoms with Gasteiger partial charge >= 0.3 is 0 Å². The van der Waals surface area contributed by atoms with E-state index in [0.29, 0.717) is 23.9 Å². The maximum atomic E-state index is 4.78. The molecule has 1 aliphatic carbocycles. The molecule has 3 heterocycles. The van der Waals surface area contributed by atoms with E-state index in [2.05, 4.69) is 63.4 Å². The molecule has 0 radical (unpaired) electrons. The second-order valence-corrected chi connectivity index (χ2v) is 8.85. The van der Waals surface area contributed by atoms with Crippen LogP contribution in [-0.4, -0.2) is 31.7 Å². The van der Waals surface area contributed by atoms with E-state index in [0.717, 1.165) is 27.1 Å². The van der Waals surface area contributed by atoms with Gasteiger partial charge in [0.15, 0.2) is 0 Å². The maximum Gasteiger partial charge on any atom is 0.241 e. The van der Waals surface area contributed by atoms with Crippen LogP contribution in [0.25, 0.3) is 16.9 Å². The molecular weight excluding hydrogens is 416 g/mol. The Morgan fingerprint density at radius 2 is 1.96 bits per heavy atom. The Morgan fingerprint density at radius 1 is 1.14 bits per heavy atom. The van der Waals surface area contributed by atoms with Gasteiger partial charge in [0, 0.05) is 18.3 Å². The summed E-state index contributed by atoms with van der Waals surface area (Å²) < 4.78 is 2.88. The van der Waals surface area contributed by atoms with Crippen molar-refractivity contribution in [2.24, 2.45) is 5.92 Å². The number of nitrogens with one attached hydrogen (secondary N) is 2. The lowest BCUT2D eigenvalue weighted by Crippen LogP contribution is -2.31. The van der Waals surface area contributed by atoms with Crippen LogP contribution >= 0.6 is 15.9 Å². The summed E-state index contributed by atoms with van der Waals surface area (Å²) >= 11 is 3.58.